The zero-order valence-electron chi connectivity index (χ0n) is 11.6. The topological polar surface area (TPSA) is 29.5 Å². The van der Waals surface area contributed by atoms with Crippen molar-refractivity contribution in [3.8, 4) is 5.75 Å². The fraction of sp³-hybridized carbons (Fsp3) is 0.250. The van der Waals surface area contributed by atoms with Crippen molar-refractivity contribution in [1.82, 2.24) is 0 Å². The third kappa shape index (κ3) is 2.93. The van der Waals surface area contributed by atoms with Crippen molar-refractivity contribution < 1.29 is 9.84 Å². The smallest absolute Gasteiger partial charge is 0.128 e. The first-order valence-corrected chi connectivity index (χ1v) is 6.97. The quantitative estimate of drug-likeness (QED) is 0.890. The second kappa shape index (κ2) is 6.04. The zero-order valence-corrected chi connectivity index (χ0v) is 13.1. The Kier molecular flexibility index (Phi) is 4.59. The Hall–Kier alpha value is -1.22. The van der Waals surface area contributed by atoms with Gasteiger partial charge in [-0.05, 0) is 48.7 Å². The van der Waals surface area contributed by atoms with Crippen LogP contribution in [0.4, 0.5) is 0 Å². The molecule has 0 aliphatic rings. The molecular weight excluding hydrogens is 295 g/mol. The molecule has 2 rings (SSSR count). The maximum Gasteiger partial charge on any atom is 0.128 e. The summed E-state index contributed by atoms with van der Waals surface area (Å²) in [6.07, 6.45) is -0.833. The summed E-state index contributed by atoms with van der Waals surface area (Å²) in [5, 5.41) is 11.6. The Balaban J connectivity index is 2.53. The van der Waals surface area contributed by atoms with Crippen molar-refractivity contribution in [3.63, 3.8) is 0 Å². The summed E-state index contributed by atoms with van der Waals surface area (Å²) in [6, 6.07) is 8.86. The summed E-state index contributed by atoms with van der Waals surface area (Å²) in [7, 11) is 1.60. The molecule has 0 amide bonds. The fourth-order valence-electron chi connectivity index (χ4n) is 2.21. The lowest BCUT2D eigenvalue weighted by Crippen LogP contribution is -2.04. The third-order valence-corrected chi connectivity index (χ3v) is 3.84. The largest absolute Gasteiger partial charge is 0.496 e. The van der Waals surface area contributed by atoms with E-state index in [0.717, 1.165) is 11.1 Å². The Morgan fingerprint density at radius 1 is 1.05 bits per heavy atom. The molecule has 2 aromatic carbocycles. The van der Waals surface area contributed by atoms with Crippen molar-refractivity contribution in [3.05, 3.63) is 62.6 Å². The van der Waals surface area contributed by atoms with E-state index in [-0.39, 0.29) is 0 Å². The van der Waals surface area contributed by atoms with Crippen LogP contribution in [0.5, 0.6) is 5.75 Å². The second-order valence-corrected chi connectivity index (χ2v) is 5.61. The van der Waals surface area contributed by atoms with Gasteiger partial charge in [-0.25, -0.2) is 0 Å². The van der Waals surface area contributed by atoms with Gasteiger partial charge in [0.05, 0.1) is 7.11 Å². The first kappa shape index (κ1) is 15.2. The molecular formula is C16H16Cl2O2. The van der Waals surface area contributed by atoms with Crippen molar-refractivity contribution in [2.45, 2.75) is 20.0 Å². The summed E-state index contributed by atoms with van der Waals surface area (Å²) < 4.78 is 5.43. The molecule has 2 nitrogen and oxygen atoms in total. The van der Waals surface area contributed by atoms with Gasteiger partial charge in [-0.15, -0.1) is 0 Å². The average molecular weight is 311 g/mol. The van der Waals surface area contributed by atoms with Gasteiger partial charge in [-0.2, -0.15) is 0 Å². The van der Waals surface area contributed by atoms with Gasteiger partial charge < -0.3 is 9.84 Å². The summed E-state index contributed by atoms with van der Waals surface area (Å²) in [5.74, 6) is 0.689. The second-order valence-electron chi connectivity index (χ2n) is 4.74. The molecule has 0 bridgehead atoms. The molecule has 1 unspecified atom stereocenters. The van der Waals surface area contributed by atoms with Crippen LogP contribution in [0.1, 0.15) is 28.4 Å². The molecule has 0 spiro atoms. The number of methoxy groups -OCH3 is 1. The first-order chi connectivity index (χ1) is 9.43. The molecule has 0 saturated heterocycles. The molecule has 0 aromatic heterocycles. The van der Waals surface area contributed by atoms with Crippen LogP contribution in [-0.4, -0.2) is 12.2 Å². The van der Waals surface area contributed by atoms with Crippen molar-refractivity contribution in [2.24, 2.45) is 0 Å². The lowest BCUT2D eigenvalue weighted by Gasteiger charge is -2.18. The average Bonchev–Trinajstić information content (AvgIpc) is 2.39. The number of aliphatic hydroxyl groups excluding tert-OH is 1. The summed E-state index contributed by atoms with van der Waals surface area (Å²) >= 11 is 12.0. The molecule has 0 heterocycles. The SMILES string of the molecule is COc1c(C(O)c2cc(Cl)cc(Cl)c2)ccc(C)c1C. The van der Waals surface area contributed by atoms with E-state index in [1.54, 1.807) is 25.3 Å². The number of aliphatic hydroxyl groups is 1. The van der Waals surface area contributed by atoms with E-state index >= 15 is 0 Å². The highest BCUT2D eigenvalue weighted by molar-refractivity contribution is 6.34. The van der Waals surface area contributed by atoms with Gasteiger partial charge in [0.25, 0.3) is 0 Å². The molecule has 0 radical (unpaired) electrons. The van der Waals surface area contributed by atoms with Crippen LogP contribution in [-0.2, 0) is 0 Å². The maximum absolute atomic E-state index is 10.6. The molecule has 0 fully saturated rings. The molecule has 1 atom stereocenters. The minimum absolute atomic E-state index is 0.495. The highest BCUT2D eigenvalue weighted by Crippen LogP contribution is 2.35. The van der Waals surface area contributed by atoms with Crippen molar-refractivity contribution in [2.75, 3.05) is 7.11 Å². The van der Waals surface area contributed by atoms with Gasteiger partial charge in [-0.3, -0.25) is 0 Å². The minimum atomic E-state index is -0.833. The lowest BCUT2D eigenvalue weighted by atomic mass is 9.96. The monoisotopic (exact) mass is 310 g/mol. The molecule has 0 saturated carbocycles. The van der Waals surface area contributed by atoms with Crippen LogP contribution >= 0.6 is 23.2 Å². The summed E-state index contributed by atoms with van der Waals surface area (Å²) in [4.78, 5) is 0. The molecule has 2 aromatic rings. The van der Waals surface area contributed by atoms with Gasteiger partial charge in [0, 0.05) is 15.6 Å². The van der Waals surface area contributed by atoms with Crippen LogP contribution in [0.2, 0.25) is 10.0 Å². The number of ether oxygens (including phenoxy) is 1. The number of halogens is 2. The van der Waals surface area contributed by atoms with E-state index < -0.39 is 6.10 Å². The van der Waals surface area contributed by atoms with E-state index in [2.05, 4.69) is 0 Å². The highest BCUT2D eigenvalue weighted by Gasteiger charge is 2.18. The van der Waals surface area contributed by atoms with Gasteiger partial charge in [0.15, 0.2) is 0 Å². The lowest BCUT2D eigenvalue weighted by molar-refractivity contribution is 0.214. The third-order valence-electron chi connectivity index (χ3n) is 3.41. The Morgan fingerprint density at radius 2 is 1.65 bits per heavy atom. The zero-order chi connectivity index (χ0) is 14.9. The predicted molar refractivity (Wildman–Crippen MR) is 83.0 cm³/mol. The van der Waals surface area contributed by atoms with Crippen LogP contribution < -0.4 is 4.74 Å². The van der Waals surface area contributed by atoms with Crippen LogP contribution in [0.3, 0.4) is 0 Å². The van der Waals surface area contributed by atoms with Crippen LogP contribution in [0.15, 0.2) is 30.3 Å². The van der Waals surface area contributed by atoms with Crippen molar-refractivity contribution in [1.29, 1.82) is 0 Å². The number of rotatable bonds is 3. The predicted octanol–water partition coefficient (Wildman–Crippen LogP) is 4.70. The Bertz CT molecular complexity index is 618. The summed E-state index contributed by atoms with van der Waals surface area (Å²) in [6.45, 7) is 3.97. The molecule has 4 heteroatoms. The highest BCUT2D eigenvalue weighted by atomic mass is 35.5. The molecule has 1 N–H and O–H groups in total. The van der Waals surface area contributed by atoms with E-state index in [4.69, 9.17) is 27.9 Å². The normalized spacial score (nSPS) is 12.3. The molecule has 20 heavy (non-hydrogen) atoms. The van der Waals surface area contributed by atoms with Gasteiger partial charge in [0.1, 0.15) is 11.9 Å². The van der Waals surface area contributed by atoms with E-state index in [1.807, 2.05) is 26.0 Å². The standard InChI is InChI=1S/C16H16Cl2O2/c1-9-4-5-14(16(20-3)10(9)2)15(19)11-6-12(17)8-13(18)7-11/h4-8,15,19H,1-3H3. The number of hydrogen-bond acceptors (Lipinski definition) is 2. The molecule has 0 aliphatic heterocycles. The number of aryl methyl sites for hydroxylation is 1. The van der Waals surface area contributed by atoms with E-state index in [1.165, 1.54) is 0 Å². The Labute approximate surface area is 128 Å². The van der Waals surface area contributed by atoms with Crippen LogP contribution in [0.25, 0.3) is 0 Å². The van der Waals surface area contributed by atoms with Gasteiger partial charge in [-0.1, -0.05) is 35.3 Å². The van der Waals surface area contributed by atoms with Crippen LogP contribution in [0, 0.1) is 13.8 Å². The van der Waals surface area contributed by atoms with E-state index in [0.29, 0.717) is 26.9 Å². The Morgan fingerprint density at radius 3 is 2.20 bits per heavy atom. The van der Waals surface area contributed by atoms with Gasteiger partial charge in [0.2, 0.25) is 0 Å². The fourth-order valence-corrected chi connectivity index (χ4v) is 2.75. The maximum atomic E-state index is 10.6. The summed E-state index contributed by atoms with van der Waals surface area (Å²) in [5.41, 5.74) is 3.47. The molecule has 0 aliphatic carbocycles. The van der Waals surface area contributed by atoms with E-state index in [9.17, 15) is 5.11 Å². The molecule has 106 valence electrons. The first-order valence-electron chi connectivity index (χ1n) is 6.22. The minimum Gasteiger partial charge on any atom is -0.496 e. The van der Waals surface area contributed by atoms with Crippen molar-refractivity contribution >= 4 is 23.2 Å². The van der Waals surface area contributed by atoms with Gasteiger partial charge >= 0.3 is 0 Å². The number of hydrogen-bond donors (Lipinski definition) is 1. The number of benzene rings is 2.